The van der Waals surface area contributed by atoms with Gasteiger partial charge in [0, 0.05) is 18.2 Å². The molecule has 1 amide bonds. The van der Waals surface area contributed by atoms with Crippen LogP contribution in [0.15, 0.2) is 47.6 Å². The second-order valence-corrected chi connectivity index (χ2v) is 8.16. The Morgan fingerprint density at radius 2 is 2.03 bits per heavy atom. The van der Waals surface area contributed by atoms with E-state index < -0.39 is 0 Å². The number of fused-ring (bicyclic) bond motifs is 1. The molecule has 1 unspecified atom stereocenters. The standard InChI is InChI=1S/C21H20N4O3S/c1-12-6-4-5-7-15(12)20-23-24-21(25(20)3)29-13(2)19(27)14-8-9-17-16(10-14)22-18(26)11-28-17/h4-10,13H,11H2,1-3H3,(H,22,26). The fourth-order valence-electron chi connectivity index (χ4n) is 3.16. The zero-order valence-electron chi connectivity index (χ0n) is 16.3. The van der Waals surface area contributed by atoms with Gasteiger partial charge in [-0.1, -0.05) is 36.0 Å². The lowest BCUT2D eigenvalue weighted by Crippen LogP contribution is -2.25. The monoisotopic (exact) mass is 408 g/mol. The van der Waals surface area contributed by atoms with E-state index in [0.29, 0.717) is 22.2 Å². The Balaban J connectivity index is 1.54. The fraction of sp³-hybridized carbons (Fsp3) is 0.238. The molecule has 0 bridgehead atoms. The first-order valence-electron chi connectivity index (χ1n) is 9.17. The van der Waals surface area contributed by atoms with Crippen molar-refractivity contribution in [2.45, 2.75) is 24.3 Å². The molecular weight excluding hydrogens is 388 g/mol. The molecule has 1 N–H and O–H groups in total. The van der Waals surface area contributed by atoms with E-state index in [0.717, 1.165) is 17.0 Å². The number of thioether (sulfide) groups is 1. The van der Waals surface area contributed by atoms with E-state index in [1.54, 1.807) is 18.2 Å². The van der Waals surface area contributed by atoms with E-state index in [2.05, 4.69) is 15.5 Å². The van der Waals surface area contributed by atoms with Crippen LogP contribution in [0.1, 0.15) is 22.8 Å². The van der Waals surface area contributed by atoms with Crippen LogP contribution in [-0.2, 0) is 11.8 Å². The summed E-state index contributed by atoms with van der Waals surface area (Å²) >= 11 is 1.35. The molecule has 4 rings (SSSR count). The maximum atomic E-state index is 12.9. The highest BCUT2D eigenvalue weighted by molar-refractivity contribution is 8.00. The van der Waals surface area contributed by atoms with Crippen LogP contribution in [0, 0.1) is 6.92 Å². The van der Waals surface area contributed by atoms with E-state index in [4.69, 9.17) is 4.74 Å². The first-order chi connectivity index (χ1) is 13.9. The number of hydrogen-bond donors (Lipinski definition) is 1. The molecule has 29 heavy (non-hydrogen) atoms. The van der Waals surface area contributed by atoms with Crippen molar-refractivity contribution in [2.75, 3.05) is 11.9 Å². The van der Waals surface area contributed by atoms with Gasteiger partial charge in [0.2, 0.25) is 0 Å². The molecular formula is C21H20N4O3S. The minimum atomic E-state index is -0.374. The SMILES string of the molecule is Cc1ccccc1-c1nnc(SC(C)C(=O)c2ccc3c(c2)NC(=O)CO3)n1C. The number of aryl methyl sites for hydroxylation is 1. The van der Waals surface area contributed by atoms with Crippen LogP contribution in [0.25, 0.3) is 11.4 Å². The molecule has 2 heterocycles. The van der Waals surface area contributed by atoms with Gasteiger partial charge >= 0.3 is 0 Å². The Morgan fingerprint density at radius 1 is 1.24 bits per heavy atom. The average molecular weight is 408 g/mol. The van der Waals surface area contributed by atoms with Crippen LogP contribution in [0.2, 0.25) is 0 Å². The van der Waals surface area contributed by atoms with Crippen molar-refractivity contribution < 1.29 is 14.3 Å². The molecule has 0 saturated carbocycles. The zero-order chi connectivity index (χ0) is 20.5. The van der Waals surface area contributed by atoms with E-state index in [1.165, 1.54) is 11.8 Å². The Hall–Kier alpha value is -3.13. The molecule has 7 nitrogen and oxygen atoms in total. The van der Waals surface area contributed by atoms with Crippen LogP contribution in [0.3, 0.4) is 0 Å². The minimum absolute atomic E-state index is 0.0120. The molecule has 0 radical (unpaired) electrons. The van der Waals surface area contributed by atoms with Gasteiger partial charge in [-0.05, 0) is 37.6 Å². The van der Waals surface area contributed by atoms with E-state index in [1.807, 2.05) is 49.7 Å². The topological polar surface area (TPSA) is 86.1 Å². The van der Waals surface area contributed by atoms with Crippen LogP contribution in [0.4, 0.5) is 5.69 Å². The maximum Gasteiger partial charge on any atom is 0.262 e. The number of Topliss-reactive ketones (excluding diaryl/α,β-unsaturated/α-hetero) is 1. The largest absolute Gasteiger partial charge is 0.482 e. The molecule has 8 heteroatoms. The van der Waals surface area contributed by atoms with Crippen molar-refractivity contribution in [3.8, 4) is 17.1 Å². The van der Waals surface area contributed by atoms with Gasteiger partial charge < -0.3 is 14.6 Å². The first kappa shape index (κ1) is 19.2. The quantitative estimate of drug-likeness (QED) is 0.514. The summed E-state index contributed by atoms with van der Waals surface area (Å²) in [5.74, 6) is 1.04. The van der Waals surface area contributed by atoms with Gasteiger partial charge in [-0.15, -0.1) is 10.2 Å². The van der Waals surface area contributed by atoms with E-state index in [9.17, 15) is 9.59 Å². The number of carbonyl (C=O) groups excluding carboxylic acids is 2. The van der Waals surface area contributed by atoms with Crippen molar-refractivity contribution in [3.63, 3.8) is 0 Å². The van der Waals surface area contributed by atoms with Crippen molar-refractivity contribution >= 4 is 29.1 Å². The summed E-state index contributed by atoms with van der Waals surface area (Å²) in [6, 6.07) is 13.1. The van der Waals surface area contributed by atoms with Crippen LogP contribution in [0.5, 0.6) is 5.75 Å². The average Bonchev–Trinajstić information content (AvgIpc) is 3.07. The summed E-state index contributed by atoms with van der Waals surface area (Å²) in [6.45, 7) is 3.85. The molecule has 1 aliphatic heterocycles. The highest BCUT2D eigenvalue weighted by atomic mass is 32.2. The summed E-state index contributed by atoms with van der Waals surface area (Å²) in [5.41, 5.74) is 3.15. The van der Waals surface area contributed by atoms with Crippen molar-refractivity contribution in [1.82, 2.24) is 14.8 Å². The van der Waals surface area contributed by atoms with Gasteiger partial charge in [-0.2, -0.15) is 0 Å². The Morgan fingerprint density at radius 3 is 2.83 bits per heavy atom. The van der Waals surface area contributed by atoms with Crippen LogP contribution < -0.4 is 10.1 Å². The molecule has 0 fully saturated rings. The number of rotatable bonds is 5. The normalized spacial score (nSPS) is 14.0. The molecule has 0 spiro atoms. The molecule has 1 aromatic heterocycles. The third-order valence-corrected chi connectivity index (χ3v) is 5.90. The second-order valence-electron chi connectivity index (χ2n) is 6.85. The number of nitrogens with one attached hydrogen (secondary N) is 1. The lowest BCUT2D eigenvalue weighted by molar-refractivity contribution is -0.118. The highest BCUT2D eigenvalue weighted by Crippen LogP contribution is 2.32. The summed E-state index contributed by atoms with van der Waals surface area (Å²) < 4.78 is 7.25. The predicted octanol–water partition coefficient (Wildman–Crippen LogP) is 3.48. The number of benzene rings is 2. The summed E-state index contributed by atoms with van der Waals surface area (Å²) in [7, 11) is 1.90. The van der Waals surface area contributed by atoms with Crippen molar-refractivity contribution in [2.24, 2.45) is 7.05 Å². The molecule has 148 valence electrons. The Labute approximate surface area is 172 Å². The minimum Gasteiger partial charge on any atom is -0.482 e. The molecule has 0 aliphatic carbocycles. The summed E-state index contributed by atoms with van der Waals surface area (Å²) in [5, 5.41) is 11.6. The lowest BCUT2D eigenvalue weighted by Gasteiger charge is -2.19. The number of ether oxygens (including phenoxy) is 1. The number of anilines is 1. The van der Waals surface area contributed by atoms with Crippen LogP contribution >= 0.6 is 11.8 Å². The Bertz CT molecular complexity index is 1110. The molecule has 2 aromatic carbocycles. The number of aromatic nitrogens is 3. The first-order valence-corrected chi connectivity index (χ1v) is 10.0. The van der Waals surface area contributed by atoms with E-state index >= 15 is 0 Å². The predicted molar refractivity (Wildman–Crippen MR) is 111 cm³/mol. The molecule has 3 aromatic rings. The molecule has 1 aliphatic rings. The van der Waals surface area contributed by atoms with E-state index in [-0.39, 0.29) is 23.5 Å². The second kappa shape index (κ2) is 7.71. The summed E-state index contributed by atoms with van der Waals surface area (Å²) in [4.78, 5) is 24.4. The van der Waals surface area contributed by atoms with Crippen molar-refractivity contribution in [3.05, 3.63) is 53.6 Å². The highest BCUT2D eigenvalue weighted by Gasteiger charge is 2.23. The number of amides is 1. The zero-order valence-corrected chi connectivity index (χ0v) is 17.1. The third kappa shape index (κ3) is 3.75. The van der Waals surface area contributed by atoms with Gasteiger partial charge in [0.1, 0.15) is 5.75 Å². The molecule has 0 saturated heterocycles. The fourth-order valence-corrected chi connectivity index (χ4v) is 4.05. The van der Waals surface area contributed by atoms with Gasteiger partial charge in [-0.25, -0.2) is 0 Å². The van der Waals surface area contributed by atoms with Crippen molar-refractivity contribution in [1.29, 1.82) is 0 Å². The molecule has 1 atom stereocenters. The number of nitrogens with zero attached hydrogens (tertiary/aromatic N) is 3. The Kier molecular flexibility index (Phi) is 5.10. The number of ketones is 1. The third-order valence-electron chi connectivity index (χ3n) is 4.77. The van der Waals surface area contributed by atoms with Gasteiger partial charge in [0.15, 0.2) is 23.4 Å². The van der Waals surface area contributed by atoms with Gasteiger partial charge in [0.25, 0.3) is 5.91 Å². The van der Waals surface area contributed by atoms with Gasteiger partial charge in [-0.3, -0.25) is 9.59 Å². The summed E-state index contributed by atoms with van der Waals surface area (Å²) in [6.07, 6.45) is 0. The maximum absolute atomic E-state index is 12.9. The number of carbonyl (C=O) groups is 2. The number of hydrogen-bond acceptors (Lipinski definition) is 6. The van der Waals surface area contributed by atoms with Crippen LogP contribution in [-0.4, -0.2) is 38.3 Å². The van der Waals surface area contributed by atoms with Gasteiger partial charge in [0.05, 0.1) is 10.9 Å². The lowest BCUT2D eigenvalue weighted by atomic mass is 10.1. The smallest absolute Gasteiger partial charge is 0.262 e.